The Kier molecular flexibility index (Phi) is 3.63. The Labute approximate surface area is 106 Å². The third-order valence-corrected chi connectivity index (χ3v) is 4.00. The van der Waals surface area contributed by atoms with E-state index in [0.717, 1.165) is 19.6 Å². The van der Waals surface area contributed by atoms with Gasteiger partial charge in [-0.3, -0.25) is 9.36 Å². The van der Waals surface area contributed by atoms with E-state index in [1.165, 1.54) is 6.33 Å². The van der Waals surface area contributed by atoms with Crippen molar-refractivity contribution in [3.05, 3.63) is 25.4 Å². The number of ether oxygens (including phenoxy) is 1. The normalized spacial score (nSPS) is 20.8. The standard InChI is InChI=1S/C9H10ClIN2O2/c10-8-7(11)9(14)13(5-12-8)3-6-1-2-15-4-6/h5-6H,1-4H2. The van der Waals surface area contributed by atoms with Crippen molar-refractivity contribution in [2.75, 3.05) is 13.2 Å². The summed E-state index contributed by atoms with van der Waals surface area (Å²) in [5.74, 6) is 0.418. The first-order valence-electron chi connectivity index (χ1n) is 4.66. The first kappa shape index (κ1) is 11.3. The molecule has 6 heteroatoms. The second-order valence-corrected chi connectivity index (χ2v) is 4.97. The van der Waals surface area contributed by atoms with E-state index in [9.17, 15) is 4.79 Å². The minimum atomic E-state index is -0.0671. The maximum Gasteiger partial charge on any atom is 0.268 e. The lowest BCUT2D eigenvalue weighted by Crippen LogP contribution is -2.26. The van der Waals surface area contributed by atoms with Gasteiger partial charge in [-0.2, -0.15) is 0 Å². The van der Waals surface area contributed by atoms with Crippen LogP contribution >= 0.6 is 34.2 Å². The summed E-state index contributed by atoms with van der Waals surface area (Å²) in [6.45, 7) is 2.18. The summed E-state index contributed by atoms with van der Waals surface area (Å²) in [4.78, 5) is 15.7. The van der Waals surface area contributed by atoms with Crippen molar-refractivity contribution in [1.29, 1.82) is 0 Å². The highest BCUT2D eigenvalue weighted by Crippen LogP contribution is 2.15. The Morgan fingerprint density at radius 3 is 3.20 bits per heavy atom. The molecule has 0 radical (unpaired) electrons. The molecule has 2 heterocycles. The lowest BCUT2D eigenvalue weighted by atomic mass is 10.1. The monoisotopic (exact) mass is 340 g/mol. The van der Waals surface area contributed by atoms with E-state index in [1.54, 1.807) is 4.57 Å². The van der Waals surface area contributed by atoms with Crippen molar-refractivity contribution in [1.82, 2.24) is 9.55 Å². The second kappa shape index (κ2) is 4.80. The maximum absolute atomic E-state index is 11.8. The molecule has 0 spiro atoms. The highest BCUT2D eigenvalue weighted by molar-refractivity contribution is 14.1. The van der Waals surface area contributed by atoms with Gasteiger partial charge < -0.3 is 4.74 Å². The number of halogens is 2. The number of nitrogens with zero attached hydrogens (tertiary/aromatic N) is 2. The minimum Gasteiger partial charge on any atom is -0.381 e. The van der Waals surface area contributed by atoms with Gasteiger partial charge in [0.15, 0.2) is 0 Å². The largest absolute Gasteiger partial charge is 0.381 e. The van der Waals surface area contributed by atoms with E-state index >= 15 is 0 Å². The molecule has 1 aliphatic heterocycles. The molecule has 0 aliphatic carbocycles. The zero-order chi connectivity index (χ0) is 10.8. The minimum absolute atomic E-state index is 0.0671. The molecule has 4 nitrogen and oxygen atoms in total. The molecule has 1 saturated heterocycles. The fraction of sp³-hybridized carbons (Fsp3) is 0.556. The van der Waals surface area contributed by atoms with E-state index in [2.05, 4.69) is 4.98 Å². The van der Waals surface area contributed by atoms with Gasteiger partial charge in [0.05, 0.1) is 12.9 Å². The average molecular weight is 341 g/mol. The molecule has 82 valence electrons. The molecule has 1 aromatic heterocycles. The Morgan fingerprint density at radius 2 is 2.53 bits per heavy atom. The molecule has 0 saturated carbocycles. The zero-order valence-corrected chi connectivity index (χ0v) is 10.9. The van der Waals surface area contributed by atoms with Crippen LogP contribution in [0.2, 0.25) is 5.15 Å². The fourth-order valence-corrected chi connectivity index (χ4v) is 2.15. The highest BCUT2D eigenvalue weighted by atomic mass is 127. The average Bonchev–Trinajstić information content (AvgIpc) is 2.72. The SMILES string of the molecule is O=c1c(I)c(Cl)ncn1CC1CCOC1. The van der Waals surface area contributed by atoms with Crippen molar-refractivity contribution in [2.24, 2.45) is 5.92 Å². The number of hydrogen-bond acceptors (Lipinski definition) is 3. The molecule has 0 amide bonds. The van der Waals surface area contributed by atoms with Crippen LogP contribution in [-0.2, 0) is 11.3 Å². The molecule has 0 N–H and O–H groups in total. The van der Waals surface area contributed by atoms with Gasteiger partial charge in [-0.1, -0.05) is 11.6 Å². The van der Waals surface area contributed by atoms with Gasteiger partial charge in [0.1, 0.15) is 8.72 Å². The van der Waals surface area contributed by atoms with E-state index in [0.29, 0.717) is 16.0 Å². The van der Waals surface area contributed by atoms with Gasteiger partial charge in [0.25, 0.3) is 5.56 Å². The summed E-state index contributed by atoms with van der Waals surface area (Å²) in [6, 6.07) is 0. The van der Waals surface area contributed by atoms with Gasteiger partial charge in [-0.15, -0.1) is 0 Å². The van der Waals surface area contributed by atoms with E-state index in [1.807, 2.05) is 22.6 Å². The van der Waals surface area contributed by atoms with Gasteiger partial charge in [-0.25, -0.2) is 4.98 Å². The molecule has 0 aromatic carbocycles. The van der Waals surface area contributed by atoms with Gasteiger partial charge >= 0.3 is 0 Å². The molecule has 0 bridgehead atoms. The summed E-state index contributed by atoms with van der Waals surface area (Å²) in [7, 11) is 0. The lowest BCUT2D eigenvalue weighted by molar-refractivity contribution is 0.182. The molecule has 1 aromatic rings. The van der Waals surface area contributed by atoms with Crippen LogP contribution in [0.1, 0.15) is 6.42 Å². The quantitative estimate of drug-likeness (QED) is 0.606. The van der Waals surface area contributed by atoms with Crippen LogP contribution in [0.4, 0.5) is 0 Å². The van der Waals surface area contributed by atoms with Crippen molar-refractivity contribution in [3.8, 4) is 0 Å². The Morgan fingerprint density at radius 1 is 1.73 bits per heavy atom. The van der Waals surface area contributed by atoms with Crippen LogP contribution in [0.3, 0.4) is 0 Å². The smallest absolute Gasteiger partial charge is 0.268 e. The Bertz CT molecular complexity index is 415. The van der Waals surface area contributed by atoms with E-state index in [-0.39, 0.29) is 10.7 Å². The number of hydrogen-bond donors (Lipinski definition) is 0. The van der Waals surface area contributed by atoms with Crippen molar-refractivity contribution in [2.45, 2.75) is 13.0 Å². The summed E-state index contributed by atoms with van der Waals surface area (Å²) in [6.07, 6.45) is 2.51. The second-order valence-electron chi connectivity index (χ2n) is 3.54. The summed E-state index contributed by atoms with van der Waals surface area (Å²) in [5.41, 5.74) is -0.0671. The molecule has 2 rings (SSSR count). The van der Waals surface area contributed by atoms with Gasteiger partial charge in [0, 0.05) is 19.1 Å². The molecular weight excluding hydrogens is 330 g/mol. The Hall–Kier alpha value is -0.140. The van der Waals surface area contributed by atoms with Crippen LogP contribution in [0.15, 0.2) is 11.1 Å². The fourth-order valence-electron chi connectivity index (χ4n) is 1.58. The van der Waals surface area contributed by atoms with Crippen LogP contribution in [0.25, 0.3) is 0 Å². The van der Waals surface area contributed by atoms with Gasteiger partial charge in [-0.05, 0) is 29.0 Å². The van der Waals surface area contributed by atoms with Gasteiger partial charge in [0.2, 0.25) is 0 Å². The van der Waals surface area contributed by atoms with E-state index < -0.39 is 0 Å². The van der Waals surface area contributed by atoms with Crippen molar-refractivity contribution >= 4 is 34.2 Å². The third-order valence-electron chi connectivity index (χ3n) is 2.42. The molecule has 1 unspecified atom stereocenters. The molecule has 1 atom stereocenters. The van der Waals surface area contributed by atoms with Crippen LogP contribution < -0.4 is 5.56 Å². The summed E-state index contributed by atoms with van der Waals surface area (Å²) in [5, 5.41) is 0.277. The summed E-state index contributed by atoms with van der Waals surface area (Å²) < 4.78 is 7.35. The topological polar surface area (TPSA) is 44.1 Å². The third kappa shape index (κ3) is 2.51. The summed E-state index contributed by atoms with van der Waals surface area (Å²) >= 11 is 7.67. The first-order valence-corrected chi connectivity index (χ1v) is 6.12. The highest BCUT2D eigenvalue weighted by Gasteiger charge is 2.17. The number of rotatable bonds is 2. The molecular formula is C9H10ClIN2O2. The van der Waals surface area contributed by atoms with Crippen LogP contribution in [0.5, 0.6) is 0 Å². The maximum atomic E-state index is 11.8. The van der Waals surface area contributed by atoms with Crippen LogP contribution in [0, 0.1) is 9.49 Å². The van der Waals surface area contributed by atoms with E-state index in [4.69, 9.17) is 16.3 Å². The predicted molar refractivity (Wildman–Crippen MR) is 65.2 cm³/mol. The Balaban J connectivity index is 2.21. The molecule has 1 fully saturated rings. The first-order chi connectivity index (χ1) is 7.18. The molecule has 15 heavy (non-hydrogen) atoms. The zero-order valence-electron chi connectivity index (χ0n) is 7.95. The molecule has 1 aliphatic rings. The predicted octanol–water partition coefficient (Wildman–Crippen LogP) is 1.54. The van der Waals surface area contributed by atoms with Crippen molar-refractivity contribution in [3.63, 3.8) is 0 Å². The number of aromatic nitrogens is 2. The lowest BCUT2D eigenvalue weighted by Gasteiger charge is -2.10. The van der Waals surface area contributed by atoms with Crippen LogP contribution in [-0.4, -0.2) is 22.8 Å². The van der Waals surface area contributed by atoms with Crippen molar-refractivity contribution < 1.29 is 4.74 Å².